The number of para-hydroxylation sites is 1. The summed E-state index contributed by atoms with van der Waals surface area (Å²) in [5.74, 6) is 2.38. The molecular formula is C34H37N5O4. The number of rotatable bonds is 7. The highest BCUT2D eigenvalue weighted by atomic mass is 16.5. The number of fused-ring (bicyclic) bond motifs is 2. The Morgan fingerprint density at radius 1 is 1.00 bits per heavy atom. The first-order valence-corrected chi connectivity index (χ1v) is 15.1. The molecule has 222 valence electrons. The molecule has 2 aromatic heterocycles. The second-order valence-electron chi connectivity index (χ2n) is 11.5. The fourth-order valence-electron chi connectivity index (χ4n) is 6.40. The van der Waals surface area contributed by atoms with Gasteiger partial charge in [-0.1, -0.05) is 18.2 Å². The van der Waals surface area contributed by atoms with E-state index >= 15 is 0 Å². The maximum Gasteiger partial charge on any atom is 0.250 e. The molecular weight excluding hydrogens is 542 g/mol. The summed E-state index contributed by atoms with van der Waals surface area (Å²) in [5.41, 5.74) is 6.97. The van der Waals surface area contributed by atoms with E-state index in [1.807, 2.05) is 24.3 Å². The third-order valence-electron chi connectivity index (χ3n) is 8.64. The number of aromatic nitrogens is 2. The van der Waals surface area contributed by atoms with Crippen molar-refractivity contribution in [3.8, 4) is 28.6 Å². The van der Waals surface area contributed by atoms with Crippen LogP contribution in [0.4, 0.5) is 11.4 Å². The van der Waals surface area contributed by atoms with Crippen molar-refractivity contribution in [1.82, 2.24) is 14.9 Å². The van der Waals surface area contributed by atoms with E-state index < -0.39 is 0 Å². The Hall–Kier alpha value is -4.34. The zero-order valence-corrected chi connectivity index (χ0v) is 24.5. The average molecular weight is 580 g/mol. The summed E-state index contributed by atoms with van der Waals surface area (Å²) in [6.07, 6.45) is 4.69. The lowest BCUT2D eigenvalue weighted by molar-refractivity contribution is 0.122. The van der Waals surface area contributed by atoms with Crippen molar-refractivity contribution in [3.63, 3.8) is 0 Å². The predicted octanol–water partition coefficient (Wildman–Crippen LogP) is 5.06. The highest BCUT2D eigenvalue weighted by Gasteiger charge is 2.24. The molecule has 9 nitrogen and oxygen atoms in total. The molecule has 3 aliphatic heterocycles. The molecule has 0 bridgehead atoms. The van der Waals surface area contributed by atoms with Crippen molar-refractivity contribution in [2.45, 2.75) is 31.8 Å². The van der Waals surface area contributed by atoms with Crippen molar-refractivity contribution in [1.29, 1.82) is 0 Å². The molecule has 0 amide bonds. The van der Waals surface area contributed by atoms with Crippen molar-refractivity contribution in [3.05, 3.63) is 93.9 Å². The van der Waals surface area contributed by atoms with Gasteiger partial charge >= 0.3 is 0 Å². The zero-order chi connectivity index (χ0) is 29.2. The van der Waals surface area contributed by atoms with Crippen LogP contribution in [0.1, 0.15) is 29.5 Å². The largest absolute Gasteiger partial charge is 0.481 e. The summed E-state index contributed by atoms with van der Waals surface area (Å²) < 4.78 is 17.4. The van der Waals surface area contributed by atoms with Gasteiger partial charge in [-0.05, 0) is 54.8 Å². The number of hydrogen-bond donors (Lipinski definition) is 2. The molecule has 0 atom stereocenters. The van der Waals surface area contributed by atoms with E-state index in [1.165, 1.54) is 0 Å². The molecule has 0 radical (unpaired) electrons. The molecule has 2 aromatic carbocycles. The predicted molar refractivity (Wildman–Crippen MR) is 168 cm³/mol. The lowest BCUT2D eigenvalue weighted by Gasteiger charge is -2.33. The molecule has 43 heavy (non-hydrogen) atoms. The highest BCUT2D eigenvalue weighted by molar-refractivity contribution is 5.74. The summed E-state index contributed by atoms with van der Waals surface area (Å²) in [7, 11) is 1.68. The van der Waals surface area contributed by atoms with E-state index in [0.29, 0.717) is 25.1 Å². The first-order valence-electron chi connectivity index (χ1n) is 15.1. The number of aromatic amines is 1. The average Bonchev–Trinajstić information content (AvgIpc) is 3.05. The summed E-state index contributed by atoms with van der Waals surface area (Å²) in [6, 6.07) is 20.8. The first-order chi connectivity index (χ1) is 21.1. The third-order valence-corrected chi connectivity index (χ3v) is 8.64. The van der Waals surface area contributed by atoms with Crippen LogP contribution in [0, 0.1) is 0 Å². The van der Waals surface area contributed by atoms with Crippen molar-refractivity contribution < 1.29 is 14.2 Å². The number of piperidine rings is 1. The Bertz CT molecular complexity index is 1660. The normalized spacial score (nSPS) is 17.1. The van der Waals surface area contributed by atoms with Crippen LogP contribution >= 0.6 is 0 Å². The van der Waals surface area contributed by atoms with Gasteiger partial charge in [0, 0.05) is 85.5 Å². The van der Waals surface area contributed by atoms with Gasteiger partial charge < -0.3 is 29.4 Å². The van der Waals surface area contributed by atoms with Crippen LogP contribution < -0.4 is 25.2 Å². The van der Waals surface area contributed by atoms with Crippen LogP contribution in [0.2, 0.25) is 0 Å². The van der Waals surface area contributed by atoms with Gasteiger partial charge in [0.05, 0.1) is 26.0 Å². The van der Waals surface area contributed by atoms with E-state index in [4.69, 9.17) is 14.2 Å². The third kappa shape index (κ3) is 5.96. The zero-order valence-electron chi connectivity index (χ0n) is 24.5. The molecule has 2 fully saturated rings. The first kappa shape index (κ1) is 27.5. The Balaban J connectivity index is 1.03. The Morgan fingerprint density at radius 3 is 2.70 bits per heavy atom. The van der Waals surface area contributed by atoms with E-state index in [9.17, 15) is 4.79 Å². The fourth-order valence-corrected chi connectivity index (χ4v) is 6.40. The number of morpholine rings is 1. The summed E-state index contributed by atoms with van der Waals surface area (Å²) in [5, 5.41) is 3.77. The van der Waals surface area contributed by atoms with Gasteiger partial charge in [0.1, 0.15) is 11.5 Å². The molecule has 2 N–H and O–H groups in total. The smallest absolute Gasteiger partial charge is 0.250 e. The fraction of sp³-hybridized carbons (Fsp3) is 0.353. The molecule has 9 heteroatoms. The minimum Gasteiger partial charge on any atom is -0.481 e. The quantitative estimate of drug-likeness (QED) is 0.277. The van der Waals surface area contributed by atoms with Gasteiger partial charge in [0.2, 0.25) is 11.4 Å². The number of anilines is 2. The molecule has 0 aliphatic carbocycles. The van der Waals surface area contributed by atoms with E-state index in [0.717, 1.165) is 103 Å². The Morgan fingerprint density at radius 2 is 1.86 bits per heavy atom. The number of methoxy groups -OCH3 is 1. The minimum absolute atomic E-state index is 0.119. The van der Waals surface area contributed by atoms with E-state index in [2.05, 4.69) is 55.4 Å². The number of nitrogens with zero attached hydrogens (tertiary/aromatic N) is 3. The topological polar surface area (TPSA) is 92.0 Å². The van der Waals surface area contributed by atoms with Gasteiger partial charge in [-0.2, -0.15) is 0 Å². The van der Waals surface area contributed by atoms with Gasteiger partial charge in [-0.25, -0.2) is 4.98 Å². The number of nitrogens with one attached hydrogen (secondary N) is 2. The molecule has 4 aromatic rings. The molecule has 0 saturated carbocycles. The van der Waals surface area contributed by atoms with Crippen molar-refractivity contribution in [2.24, 2.45) is 0 Å². The maximum atomic E-state index is 12.6. The van der Waals surface area contributed by atoms with Gasteiger partial charge in [-0.15, -0.1) is 0 Å². The minimum atomic E-state index is -0.119. The van der Waals surface area contributed by atoms with Crippen LogP contribution in [0.25, 0.3) is 11.3 Å². The van der Waals surface area contributed by atoms with Crippen LogP contribution in [0.15, 0.2) is 71.7 Å². The number of ether oxygens (including phenoxy) is 3. The molecule has 5 heterocycles. The van der Waals surface area contributed by atoms with Gasteiger partial charge in [-0.3, -0.25) is 9.69 Å². The van der Waals surface area contributed by atoms with E-state index in [-0.39, 0.29) is 5.56 Å². The lowest BCUT2D eigenvalue weighted by atomic mass is 9.95. The molecule has 0 unspecified atom stereocenters. The second kappa shape index (κ2) is 12.1. The summed E-state index contributed by atoms with van der Waals surface area (Å²) in [4.78, 5) is 24.7. The van der Waals surface area contributed by atoms with Crippen LogP contribution in [0.5, 0.6) is 17.4 Å². The number of benzene rings is 2. The number of likely N-dealkylation sites (tertiary alicyclic amines) is 1. The van der Waals surface area contributed by atoms with Crippen molar-refractivity contribution in [2.75, 3.05) is 56.7 Å². The van der Waals surface area contributed by atoms with Gasteiger partial charge in [0.15, 0.2) is 0 Å². The number of H-pyrrole nitrogens is 1. The second-order valence-corrected chi connectivity index (χ2v) is 11.5. The summed E-state index contributed by atoms with van der Waals surface area (Å²) in [6.45, 7) is 5.78. The highest BCUT2D eigenvalue weighted by Crippen LogP contribution is 2.43. The molecule has 2 saturated heterocycles. The lowest BCUT2D eigenvalue weighted by Crippen LogP contribution is -2.38. The Labute approximate surface area is 251 Å². The van der Waals surface area contributed by atoms with Gasteiger partial charge in [0.25, 0.3) is 0 Å². The SMILES string of the molecule is COc1ncccc1CN1CCC(Nc2ccc3c(c2)Cc2cccc(-c4cc(N5CCOCC5)cc(=O)[nH]4)c2O3)CC1. The number of hydrogen-bond acceptors (Lipinski definition) is 8. The summed E-state index contributed by atoms with van der Waals surface area (Å²) >= 11 is 0. The molecule has 0 spiro atoms. The van der Waals surface area contributed by atoms with Crippen LogP contribution in [-0.2, 0) is 17.7 Å². The molecule has 7 rings (SSSR count). The Kier molecular flexibility index (Phi) is 7.74. The maximum absolute atomic E-state index is 12.6. The number of pyridine rings is 2. The monoisotopic (exact) mass is 579 g/mol. The standard InChI is InChI=1S/C34H37N5O4/c1-41-34-24(5-3-11-35-34)22-38-12-9-26(10-13-38)36-27-7-8-31-25(19-27)18-23-4-2-6-29(33(23)43-31)30-20-28(21-32(40)37-30)39-14-16-42-17-15-39/h2-8,11,19-21,26,36H,9-10,12-18,22H2,1H3,(H,37,40). The van der Waals surface area contributed by atoms with Crippen LogP contribution in [-0.4, -0.2) is 67.4 Å². The van der Waals surface area contributed by atoms with Crippen LogP contribution in [0.3, 0.4) is 0 Å². The van der Waals surface area contributed by atoms with Crippen molar-refractivity contribution >= 4 is 11.4 Å². The van der Waals surface area contributed by atoms with E-state index in [1.54, 1.807) is 19.4 Å². The molecule has 3 aliphatic rings.